The first-order valence-corrected chi connectivity index (χ1v) is 7.35. The molecule has 0 aromatic rings. The highest BCUT2D eigenvalue weighted by Gasteiger charge is 2.44. The highest BCUT2D eigenvalue weighted by atomic mass is 19.4. The Morgan fingerprint density at radius 1 is 1.00 bits per heavy atom. The van der Waals surface area contributed by atoms with E-state index < -0.39 is 12.2 Å². The Balaban J connectivity index is 1.99. The second-order valence-corrected chi connectivity index (χ2v) is 5.91. The molecule has 18 heavy (non-hydrogen) atoms. The molecule has 1 heterocycles. The Labute approximate surface area is 108 Å². The van der Waals surface area contributed by atoms with Crippen LogP contribution in [0.25, 0.3) is 0 Å². The predicted octanol–water partition coefficient (Wildman–Crippen LogP) is 4.28. The number of rotatable bonds is 2. The van der Waals surface area contributed by atoms with E-state index in [0.29, 0.717) is 11.8 Å². The van der Waals surface area contributed by atoms with E-state index in [0.717, 1.165) is 25.7 Å². The summed E-state index contributed by atoms with van der Waals surface area (Å²) in [5, 5.41) is 2.90. The van der Waals surface area contributed by atoms with Crippen LogP contribution in [0.4, 0.5) is 13.2 Å². The van der Waals surface area contributed by atoms with Crippen LogP contribution in [-0.4, -0.2) is 18.3 Å². The molecule has 0 radical (unpaired) electrons. The summed E-state index contributed by atoms with van der Waals surface area (Å²) >= 11 is 0. The Morgan fingerprint density at radius 2 is 1.72 bits per heavy atom. The van der Waals surface area contributed by atoms with Crippen LogP contribution in [0.3, 0.4) is 0 Å². The molecular formula is C14H24F3N. The highest BCUT2D eigenvalue weighted by Crippen LogP contribution is 2.38. The summed E-state index contributed by atoms with van der Waals surface area (Å²) in [6.45, 7) is 2.17. The van der Waals surface area contributed by atoms with E-state index in [2.05, 4.69) is 12.2 Å². The quantitative estimate of drug-likeness (QED) is 0.784. The van der Waals surface area contributed by atoms with E-state index in [1.807, 2.05) is 0 Å². The molecule has 2 rings (SSSR count). The molecule has 0 aromatic heterocycles. The van der Waals surface area contributed by atoms with Gasteiger partial charge in [0.25, 0.3) is 0 Å². The number of nitrogens with one attached hydrogen (secondary N) is 1. The molecule has 4 heteroatoms. The fraction of sp³-hybridized carbons (Fsp3) is 1.00. The minimum atomic E-state index is -4.07. The van der Waals surface area contributed by atoms with Crippen LogP contribution >= 0.6 is 0 Å². The van der Waals surface area contributed by atoms with Crippen molar-refractivity contribution in [3.05, 3.63) is 0 Å². The molecule has 1 N–H and O–H groups in total. The Bertz CT molecular complexity index is 264. The number of hydrogen-bond acceptors (Lipinski definition) is 1. The van der Waals surface area contributed by atoms with Gasteiger partial charge in [-0.2, -0.15) is 13.2 Å². The maximum absolute atomic E-state index is 12.8. The lowest BCUT2D eigenvalue weighted by Crippen LogP contribution is -2.54. The van der Waals surface area contributed by atoms with Gasteiger partial charge in [-0.25, -0.2) is 0 Å². The average molecular weight is 263 g/mol. The van der Waals surface area contributed by atoms with Crippen molar-refractivity contribution in [2.45, 2.75) is 76.6 Å². The van der Waals surface area contributed by atoms with Crippen molar-refractivity contribution in [1.29, 1.82) is 0 Å². The Kier molecular flexibility index (Phi) is 4.57. The summed E-state index contributed by atoms with van der Waals surface area (Å²) in [5.74, 6) is 1.09. The molecule has 4 unspecified atom stereocenters. The molecule has 2 fully saturated rings. The molecule has 1 aliphatic heterocycles. The molecular weight excluding hydrogens is 239 g/mol. The third kappa shape index (κ3) is 3.19. The van der Waals surface area contributed by atoms with Crippen molar-refractivity contribution in [3.63, 3.8) is 0 Å². The van der Waals surface area contributed by atoms with Crippen LogP contribution in [0, 0.1) is 11.8 Å². The fourth-order valence-electron chi connectivity index (χ4n) is 3.84. The molecule has 4 atom stereocenters. The lowest BCUT2D eigenvalue weighted by Gasteiger charge is -2.42. The number of hydrogen-bond donors (Lipinski definition) is 1. The van der Waals surface area contributed by atoms with Crippen LogP contribution in [0.15, 0.2) is 0 Å². The van der Waals surface area contributed by atoms with Gasteiger partial charge in [-0.05, 0) is 37.5 Å². The molecule has 1 nitrogen and oxygen atoms in total. The van der Waals surface area contributed by atoms with Gasteiger partial charge in [-0.3, -0.25) is 0 Å². The SMILES string of the molecule is CCC1CCCCC1C1CCCC(C(F)(F)F)N1. The van der Waals surface area contributed by atoms with E-state index >= 15 is 0 Å². The first-order valence-electron chi connectivity index (χ1n) is 7.35. The van der Waals surface area contributed by atoms with Crippen molar-refractivity contribution in [2.24, 2.45) is 11.8 Å². The maximum Gasteiger partial charge on any atom is 0.403 e. The van der Waals surface area contributed by atoms with Crippen LogP contribution in [0.2, 0.25) is 0 Å². The summed E-state index contributed by atoms with van der Waals surface area (Å²) in [6.07, 6.45) is 3.69. The smallest absolute Gasteiger partial charge is 0.303 e. The molecule has 1 saturated heterocycles. The van der Waals surface area contributed by atoms with Crippen molar-refractivity contribution in [2.75, 3.05) is 0 Å². The summed E-state index contributed by atoms with van der Waals surface area (Å²) < 4.78 is 38.4. The third-order valence-corrected chi connectivity index (χ3v) is 4.83. The number of alkyl halides is 3. The second kappa shape index (κ2) is 5.81. The molecule has 1 aliphatic carbocycles. The van der Waals surface area contributed by atoms with E-state index in [-0.39, 0.29) is 12.5 Å². The summed E-state index contributed by atoms with van der Waals surface area (Å²) in [4.78, 5) is 0. The maximum atomic E-state index is 12.8. The molecule has 0 spiro atoms. The highest BCUT2D eigenvalue weighted by molar-refractivity contribution is 4.91. The number of piperidine rings is 1. The molecule has 0 bridgehead atoms. The van der Waals surface area contributed by atoms with Gasteiger partial charge in [0.15, 0.2) is 0 Å². The van der Waals surface area contributed by atoms with Gasteiger partial charge >= 0.3 is 6.18 Å². The minimum Gasteiger partial charge on any atom is -0.303 e. The molecule has 0 amide bonds. The lowest BCUT2D eigenvalue weighted by atomic mass is 9.72. The zero-order chi connectivity index (χ0) is 13.2. The van der Waals surface area contributed by atoms with Crippen molar-refractivity contribution < 1.29 is 13.2 Å². The zero-order valence-electron chi connectivity index (χ0n) is 11.1. The van der Waals surface area contributed by atoms with Crippen molar-refractivity contribution in [1.82, 2.24) is 5.32 Å². The summed E-state index contributed by atoms with van der Waals surface area (Å²) in [6, 6.07) is -1.17. The standard InChI is InChI=1S/C14H24F3N/c1-2-10-6-3-4-7-11(10)12-8-5-9-13(18-12)14(15,16)17/h10-13,18H,2-9H2,1H3. The van der Waals surface area contributed by atoms with Crippen LogP contribution in [-0.2, 0) is 0 Å². The second-order valence-electron chi connectivity index (χ2n) is 5.91. The third-order valence-electron chi connectivity index (χ3n) is 4.83. The van der Waals surface area contributed by atoms with E-state index in [9.17, 15) is 13.2 Å². The van der Waals surface area contributed by atoms with Gasteiger partial charge in [0.2, 0.25) is 0 Å². The van der Waals surface area contributed by atoms with Crippen molar-refractivity contribution >= 4 is 0 Å². The van der Waals surface area contributed by atoms with E-state index in [4.69, 9.17) is 0 Å². The first kappa shape index (κ1) is 14.2. The van der Waals surface area contributed by atoms with Gasteiger partial charge in [0.05, 0.1) is 0 Å². The van der Waals surface area contributed by atoms with Gasteiger partial charge in [-0.1, -0.05) is 32.6 Å². The molecule has 106 valence electrons. The van der Waals surface area contributed by atoms with Gasteiger partial charge in [0, 0.05) is 6.04 Å². The van der Waals surface area contributed by atoms with Crippen LogP contribution < -0.4 is 5.32 Å². The Morgan fingerprint density at radius 3 is 2.39 bits per heavy atom. The van der Waals surface area contributed by atoms with Crippen LogP contribution in [0.1, 0.15) is 58.3 Å². The monoisotopic (exact) mass is 263 g/mol. The summed E-state index contributed by atoms with van der Waals surface area (Å²) in [7, 11) is 0. The average Bonchev–Trinajstić information content (AvgIpc) is 2.38. The minimum absolute atomic E-state index is 0.0932. The largest absolute Gasteiger partial charge is 0.403 e. The van der Waals surface area contributed by atoms with E-state index in [1.165, 1.54) is 19.3 Å². The van der Waals surface area contributed by atoms with Crippen LogP contribution in [0.5, 0.6) is 0 Å². The molecule has 0 aromatic carbocycles. The summed E-state index contributed by atoms with van der Waals surface area (Å²) in [5.41, 5.74) is 0. The topological polar surface area (TPSA) is 12.0 Å². The van der Waals surface area contributed by atoms with E-state index in [1.54, 1.807) is 0 Å². The predicted molar refractivity (Wildman–Crippen MR) is 66.4 cm³/mol. The molecule has 2 aliphatic rings. The molecule has 1 saturated carbocycles. The Hall–Kier alpha value is -0.250. The first-order chi connectivity index (χ1) is 8.52. The van der Waals surface area contributed by atoms with Crippen molar-refractivity contribution in [3.8, 4) is 0 Å². The van der Waals surface area contributed by atoms with Gasteiger partial charge in [0.1, 0.15) is 6.04 Å². The zero-order valence-corrected chi connectivity index (χ0v) is 11.1. The number of halogens is 3. The fourth-order valence-corrected chi connectivity index (χ4v) is 3.84. The lowest BCUT2D eigenvalue weighted by molar-refractivity contribution is -0.165. The van der Waals surface area contributed by atoms with Gasteiger partial charge < -0.3 is 5.32 Å². The normalized spacial score (nSPS) is 38.7. The van der Waals surface area contributed by atoms with Gasteiger partial charge in [-0.15, -0.1) is 0 Å².